The van der Waals surface area contributed by atoms with Crippen LogP contribution in [0.4, 0.5) is 34.5 Å². The first kappa shape index (κ1) is 19.8. The minimum absolute atomic E-state index is 0.0416. The molecular weight excluding hydrogens is 394 g/mol. The molecule has 31 heavy (non-hydrogen) atoms. The number of hydrogen-bond donors (Lipinski definition) is 2. The molecule has 0 bridgehead atoms. The Hall–Kier alpha value is -4.53. The van der Waals surface area contributed by atoms with Gasteiger partial charge in [-0.25, -0.2) is 15.0 Å². The van der Waals surface area contributed by atoms with E-state index in [2.05, 4.69) is 25.7 Å². The third kappa shape index (κ3) is 4.56. The van der Waals surface area contributed by atoms with Crippen LogP contribution >= 0.6 is 0 Å². The lowest BCUT2D eigenvalue weighted by atomic mass is 10.2. The second kappa shape index (κ2) is 8.87. The number of aryl methyl sites for hydroxylation is 1. The number of nitrogens with zero attached hydrogens (tertiary/aromatic N) is 5. The van der Waals surface area contributed by atoms with E-state index in [4.69, 9.17) is 0 Å². The molecule has 0 aliphatic carbocycles. The van der Waals surface area contributed by atoms with Gasteiger partial charge in [-0.05, 0) is 42.8 Å². The summed E-state index contributed by atoms with van der Waals surface area (Å²) in [6, 6.07) is 22.5. The third-order valence-electron chi connectivity index (χ3n) is 4.41. The van der Waals surface area contributed by atoms with E-state index in [1.165, 1.54) is 6.33 Å². The van der Waals surface area contributed by atoms with E-state index < -0.39 is 4.92 Å². The number of hydrogen-bond acceptors (Lipinski definition) is 8. The molecule has 2 heterocycles. The summed E-state index contributed by atoms with van der Waals surface area (Å²) in [4.78, 5) is 23.9. The topological polar surface area (TPSA) is 109 Å². The lowest BCUT2D eigenvalue weighted by Crippen LogP contribution is -2.26. The molecular formula is C22H19N7O2. The minimum atomic E-state index is -0.521. The Morgan fingerprint density at radius 1 is 0.839 bits per heavy atom. The molecule has 4 rings (SSSR count). The molecule has 0 unspecified atom stereocenters. The van der Waals surface area contributed by atoms with E-state index in [0.29, 0.717) is 5.82 Å². The maximum atomic E-state index is 11.9. The average Bonchev–Trinajstić information content (AvgIpc) is 2.80. The Kier molecular flexibility index (Phi) is 5.66. The van der Waals surface area contributed by atoms with Crippen LogP contribution < -0.4 is 15.8 Å². The van der Waals surface area contributed by atoms with Crippen molar-refractivity contribution in [2.45, 2.75) is 6.92 Å². The Morgan fingerprint density at radius 2 is 1.45 bits per heavy atom. The molecule has 9 heteroatoms. The molecule has 2 aromatic carbocycles. The number of aromatic nitrogens is 3. The summed E-state index contributed by atoms with van der Waals surface area (Å²) in [5.41, 5.74) is 5.34. The van der Waals surface area contributed by atoms with Crippen molar-refractivity contribution in [3.8, 4) is 0 Å². The second-order valence-electron chi connectivity index (χ2n) is 6.64. The average molecular weight is 413 g/mol. The van der Waals surface area contributed by atoms with Crippen LogP contribution in [0, 0.1) is 17.0 Å². The van der Waals surface area contributed by atoms with E-state index in [1.807, 2.05) is 73.7 Å². The van der Waals surface area contributed by atoms with Gasteiger partial charge in [0.15, 0.2) is 0 Å². The summed E-state index contributed by atoms with van der Waals surface area (Å²) in [5, 5.41) is 16.6. The van der Waals surface area contributed by atoms with Crippen LogP contribution in [0.15, 0.2) is 85.3 Å². The molecule has 154 valence electrons. The number of rotatable bonds is 7. The van der Waals surface area contributed by atoms with Crippen molar-refractivity contribution in [2.75, 3.05) is 15.8 Å². The van der Waals surface area contributed by atoms with Gasteiger partial charge < -0.3 is 5.32 Å². The number of hydrazine groups is 1. The number of para-hydroxylation sites is 2. The third-order valence-corrected chi connectivity index (χ3v) is 4.41. The fourth-order valence-electron chi connectivity index (χ4n) is 2.93. The summed E-state index contributed by atoms with van der Waals surface area (Å²) in [6.45, 7) is 1.91. The molecule has 0 saturated carbocycles. The van der Waals surface area contributed by atoms with E-state index in [-0.39, 0.29) is 17.3 Å². The van der Waals surface area contributed by atoms with Gasteiger partial charge in [-0.2, -0.15) is 0 Å². The highest BCUT2D eigenvalue weighted by molar-refractivity contribution is 5.76. The number of benzene rings is 2. The summed E-state index contributed by atoms with van der Waals surface area (Å²) in [7, 11) is 0. The summed E-state index contributed by atoms with van der Waals surface area (Å²) < 4.78 is 0. The van der Waals surface area contributed by atoms with Gasteiger partial charge in [-0.3, -0.25) is 20.5 Å². The van der Waals surface area contributed by atoms with Gasteiger partial charge in [-0.1, -0.05) is 42.5 Å². The zero-order valence-corrected chi connectivity index (χ0v) is 16.6. The molecule has 0 aliphatic rings. The monoisotopic (exact) mass is 413 g/mol. The molecule has 2 N–H and O–H groups in total. The first-order valence-electron chi connectivity index (χ1n) is 9.48. The van der Waals surface area contributed by atoms with Gasteiger partial charge >= 0.3 is 5.69 Å². The maximum absolute atomic E-state index is 11.9. The van der Waals surface area contributed by atoms with Gasteiger partial charge in [0.1, 0.15) is 12.1 Å². The van der Waals surface area contributed by atoms with Crippen LogP contribution in [0.5, 0.6) is 0 Å². The second-order valence-corrected chi connectivity index (χ2v) is 6.64. The van der Waals surface area contributed by atoms with Crippen molar-refractivity contribution >= 4 is 34.5 Å². The first-order valence-corrected chi connectivity index (χ1v) is 9.48. The van der Waals surface area contributed by atoms with E-state index in [1.54, 1.807) is 17.3 Å². The van der Waals surface area contributed by atoms with Gasteiger partial charge in [0.2, 0.25) is 11.6 Å². The fraction of sp³-hybridized carbons (Fsp3) is 0.0455. The van der Waals surface area contributed by atoms with E-state index in [0.717, 1.165) is 16.9 Å². The molecule has 0 spiro atoms. The Bertz CT molecular complexity index is 1130. The van der Waals surface area contributed by atoms with Gasteiger partial charge in [-0.15, -0.1) is 0 Å². The Balaban J connectivity index is 1.74. The van der Waals surface area contributed by atoms with Crippen molar-refractivity contribution in [3.63, 3.8) is 0 Å². The molecule has 0 saturated heterocycles. The Labute approximate surface area is 178 Å². The van der Waals surface area contributed by atoms with Crippen LogP contribution in [-0.4, -0.2) is 19.9 Å². The van der Waals surface area contributed by atoms with Gasteiger partial charge in [0, 0.05) is 6.20 Å². The lowest BCUT2D eigenvalue weighted by Gasteiger charge is -2.26. The normalized spacial score (nSPS) is 10.4. The van der Waals surface area contributed by atoms with Crippen LogP contribution in [0.3, 0.4) is 0 Å². The number of nitrogens with one attached hydrogen (secondary N) is 2. The van der Waals surface area contributed by atoms with Crippen LogP contribution in [-0.2, 0) is 0 Å². The smallest absolute Gasteiger partial charge is 0.319 e. The highest BCUT2D eigenvalue weighted by Gasteiger charge is 2.25. The standard InChI is InChI=1S/C22H19N7O2/c1-16-12-13-19(23-14-16)26-21-20(29(30)31)22(25-15-24-21)27-28(17-8-4-2-5-9-17)18-10-6-3-7-11-18/h2-15H,1H3,(H2,23,24,25,26,27). The largest absolute Gasteiger partial charge is 0.355 e. The van der Waals surface area contributed by atoms with Crippen LogP contribution in [0.25, 0.3) is 0 Å². The zero-order valence-electron chi connectivity index (χ0n) is 16.6. The van der Waals surface area contributed by atoms with Crippen LogP contribution in [0.2, 0.25) is 0 Å². The Morgan fingerprint density at radius 3 is 2.00 bits per heavy atom. The van der Waals surface area contributed by atoms with Crippen LogP contribution in [0.1, 0.15) is 5.56 Å². The van der Waals surface area contributed by atoms with Gasteiger partial charge in [0.25, 0.3) is 0 Å². The molecule has 4 aromatic rings. The first-order chi connectivity index (χ1) is 15.1. The molecule has 0 fully saturated rings. The fourth-order valence-corrected chi connectivity index (χ4v) is 2.93. The summed E-state index contributed by atoms with van der Waals surface area (Å²) >= 11 is 0. The number of anilines is 5. The zero-order chi connectivity index (χ0) is 21.6. The van der Waals surface area contributed by atoms with Crippen molar-refractivity contribution in [1.82, 2.24) is 15.0 Å². The van der Waals surface area contributed by atoms with Crippen molar-refractivity contribution in [1.29, 1.82) is 0 Å². The SMILES string of the molecule is Cc1ccc(Nc2ncnc(NN(c3ccccc3)c3ccccc3)c2[N+](=O)[O-])nc1. The van der Waals surface area contributed by atoms with Gasteiger partial charge in [0.05, 0.1) is 16.3 Å². The number of nitro groups is 1. The molecule has 0 amide bonds. The van der Waals surface area contributed by atoms with E-state index in [9.17, 15) is 10.1 Å². The molecule has 0 atom stereocenters. The van der Waals surface area contributed by atoms with Crippen molar-refractivity contribution in [3.05, 3.63) is 101 Å². The lowest BCUT2D eigenvalue weighted by molar-refractivity contribution is -0.383. The van der Waals surface area contributed by atoms with Crippen molar-refractivity contribution in [2.24, 2.45) is 0 Å². The van der Waals surface area contributed by atoms with Crippen molar-refractivity contribution < 1.29 is 4.92 Å². The summed E-state index contributed by atoms with van der Waals surface area (Å²) in [5.74, 6) is 0.531. The minimum Gasteiger partial charge on any atom is -0.319 e. The summed E-state index contributed by atoms with van der Waals surface area (Å²) in [6.07, 6.45) is 2.93. The predicted octanol–water partition coefficient (Wildman–Crippen LogP) is 5.00. The quantitative estimate of drug-likeness (QED) is 0.322. The molecule has 0 radical (unpaired) electrons. The maximum Gasteiger partial charge on any atom is 0.355 e. The highest BCUT2D eigenvalue weighted by atomic mass is 16.6. The molecule has 0 aliphatic heterocycles. The highest BCUT2D eigenvalue weighted by Crippen LogP contribution is 2.33. The predicted molar refractivity (Wildman–Crippen MR) is 120 cm³/mol. The van der Waals surface area contributed by atoms with E-state index >= 15 is 0 Å². The molecule has 2 aromatic heterocycles. The molecule has 9 nitrogen and oxygen atoms in total. The number of pyridine rings is 1.